The highest BCUT2D eigenvalue weighted by Crippen LogP contribution is 2.35. The fourth-order valence-electron chi connectivity index (χ4n) is 4.20. The lowest BCUT2D eigenvalue weighted by Crippen LogP contribution is -2.61. The van der Waals surface area contributed by atoms with Crippen molar-refractivity contribution < 1.29 is 24.2 Å². The Balaban J connectivity index is 1.56. The summed E-state index contributed by atoms with van der Waals surface area (Å²) in [4.78, 5) is 25.5. The van der Waals surface area contributed by atoms with Crippen molar-refractivity contribution in [2.24, 2.45) is 5.92 Å². The van der Waals surface area contributed by atoms with Crippen molar-refractivity contribution in [2.75, 3.05) is 19.7 Å². The molecule has 24 heavy (non-hydrogen) atoms. The molecule has 3 aliphatic rings. The van der Waals surface area contributed by atoms with Gasteiger partial charge in [0.05, 0.1) is 24.7 Å². The topological polar surface area (TPSA) is 88.1 Å². The summed E-state index contributed by atoms with van der Waals surface area (Å²) in [6.45, 7) is 5.79. The normalized spacial score (nSPS) is 39.8. The molecule has 7 nitrogen and oxygen atoms in total. The molecule has 3 rings (SSSR count). The first-order valence-electron chi connectivity index (χ1n) is 8.97. The molecule has 0 bridgehead atoms. The molecule has 0 aromatic heterocycles. The third-order valence-electron chi connectivity index (χ3n) is 5.70. The predicted molar refractivity (Wildman–Crippen MR) is 86.8 cm³/mol. The number of carboxylic acid groups (broad SMARTS) is 1. The minimum atomic E-state index is -0.723. The Morgan fingerprint density at radius 1 is 1.21 bits per heavy atom. The van der Waals surface area contributed by atoms with E-state index >= 15 is 0 Å². The molecule has 2 amide bonds. The SMILES string of the molecule is CC1CN(C(=O)NC2CCC(C(=O)O)CC2)CC2(CCOC2C)O1. The number of aliphatic carboxylic acids is 1. The molecule has 1 aliphatic carbocycles. The number of urea groups is 1. The van der Waals surface area contributed by atoms with Crippen LogP contribution in [0.4, 0.5) is 4.79 Å². The molecule has 3 unspecified atom stereocenters. The Bertz CT molecular complexity index is 491. The van der Waals surface area contributed by atoms with Gasteiger partial charge in [0.15, 0.2) is 0 Å². The highest BCUT2D eigenvalue weighted by atomic mass is 16.6. The Morgan fingerprint density at radius 3 is 2.50 bits per heavy atom. The van der Waals surface area contributed by atoms with Crippen LogP contribution >= 0.6 is 0 Å². The van der Waals surface area contributed by atoms with Crippen LogP contribution in [0.25, 0.3) is 0 Å². The Hall–Kier alpha value is -1.34. The Kier molecular flexibility index (Phi) is 5.01. The number of hydrogen-bond acceptors (Lipinski definition) is 4. The van der Waals surface area contributed by atoms with Crippen LogP contribution in [0.3, 0.4) is 0 Å². The molecule has 2 aliphatic heterocycles. The van der Waals surface area contributed by atoms with Crippen molar-refractivity contribution in [1.29, 1.82) is 0 Å². The van der Waals surface area contributed by atoms with E-state index in [9.17, 15) is 9.59 Å². The van der Waals surface area contributed by atoms with Crippen molar-refractivity contribution in [3.63, 3.8) is 0 Å². The number of carboxylic acids is 1. The molecule has 136 valence electrons. The molecule has 0 aromatic rings. The third kappa shape index (κ3) is 3.52. The maximum atomic E-state index is 12.7. The lowest BCUT2D eigenvalue weighted by molar-refractivity contribution is -0.159. The van der Waals surface area contributed by atoms with Crippen LogP contribution in [-0.4, -0.2) is 65.6 Å². The van der Waals surface area contributed by atoms with Gasteiger partial charge in [-0.3, -0.25) is 4.79 Å². The van der Waals surface area contributed by atoms with E-state index in [1.54, 1.807) is 0 Å². The molecule has 0 radical (unpaired) electrons. The second kappa shape index (κ2) is 6.88. The standard InChI is InChI=1S/C17H28N2O5/c1-11-9-19(10-17(24-11)7-8-23-12(17)2)16(22)18-14-5-3-13(4-6-14)15(20)21/h11-14H,3-10H2,1-2H3,(H,18,22)(H,20,21). The Labute approximate surface area is 142 Å². The molecule has 1 spiro atoms. The van der Waals surface area contributed by atoms with Crippen molar-refractivity contribution in [3.05, 3.63) is 0 Å². The van der Waals surface area contributed by atoms with Gasteiger partial charge in [-0.15, -0.1) is 0 Å². The highest BCUT2D eigenvalue weighted by Gasteiger charge is 2.49. The summed E-state index contributed by atoms with van der Waals surface area (Å²) >= 11 is 0. The number of nitrogens with zero attached hydrogens (tertiary/aromatic N) is 1. The van der Waals surface area contributed by atoms with E-state index in [1.807, 2.05) is 18.7 Å². The zero-order valence-electron chi connectivity index (χ0n) is 14.5. The summed E-state index contributed by atoms with van der Waals surface area (Å²) in [5.74, 6) is -0.986. The van der Waals surface area contributed by atoms with E-state index in [0.717, 1.165) is 19.3 Å². The number of morpholine rings is 1. The molecule has 1 saturated carbocycles. The summed E-state index contributed by atoms with van der Waals surface area (Å²) in [7, 11) is 0. The minimum absolute atomic E-state index is 0.0124. The largest absolute Gasteiger partial charge is 0.481 e. The summed E-state index contributed by atoms with van der Waals surface area (Å²) in [5, 5.41) is 12.1. The van der Waals surface area contributed by atoms with E-state index < -0.39 is 11.6 Å². The summed E-state index contributed by atoms with van der Waals surface area (Å²) in [6, 6.07) is 0.00172. The number of nitrogens with one attached hydrogen (secondary N) is 1. The van der Waals surface area contributed by atoms with E-state index in [0.29, 0.717) is 32.5 Å². The Morgan fingerprint density at radius 2 is 1.92 bits per heavy atom. The third-order valence-corrected chi connectivity index (χ3v) is 5.70. The molecule has 2 heterocycles. The van der Waals surface area contributed by atoms with Crippen molar-refractivity contribution >= 4 is 12.0 Å². The molecule has 2 N–H and O–H groups in total. The van der Waals surface area contributed by atoms with E-state index in [-0.39, 0.29) is 30.2 Å². The van der Waals surface area contributed by atoms with Crippen LogP contribution in [0.2, 0.25) is 0 Å². The van der Waals surface area contributed by atoms with Crippen molar-refractivity contribution in [3.8, 4) is 0 Å². The molecule has 7 heteroatoms. The van der Waals surface area contributed by atoms with Crippen LogP contribution in [0.15, 0.2) is 0 Å². The maximum Gasteiger partial charge on any atom is 0.317 e. The van der Waals surface area contributed by atoms with Crippen molar-refractivity contribution in [2.45, 2.75) is 69.8 Å². The lowest BCUT2D eigenvalue weighted by atomic mass is 9.86. The van der Waals surface area contributed by atoms with E-state index in [1.165, 1.54) is 0 Å². The number of carbonyl (C=O) groups is 2. The zero-order valence-corrected chi connectivity index (χ0v) is 14.5. The number of carbonyl (C=O) groups excluding carboxylic acids is 1. The monoisotopic (exact) mass is 340 g/mol. The first-order chi connectivity index (χ1) is 11.4. The van der Waals surface area contributed by atoms with Gasteiger partial charge in [-0.25, -0.2) is 4.79 Å². The van der Waals surface area contributed by atoms with Gasteiger partial charge in [0, 0.05) is 25.6 Å². The average Bonchev–Trinajstić information content (AvgIpc) is 2.87. The molecule has 0 aromatic carbocycles. The van der Waals surface area contributed by atoms with Gasteiger partial charge in [0.25, 0.3) is 0 Å². The maximum absolute atomic E-state index is 12.7. The number of ether oxygens (including phenoxy) is 2. The smallest absolute Gasteiger partial charge is 0.317 e. The van der Waals surface area contributed by atoms with Gasteiger partial charge in [0.2, 0.25) is 0 Å². The quantitative estimate of drug-likeness (QED) is 0.797. The predicted octanol–water partition coefficient (Wildman–Crippen LogP) is 1.61. The molecular weight excluding hydrogens is 312 g/mol. The first-order valence-corrected chi connectivity index (χ1v) is 8.97. The van der Waals surface area contributed by atoms with Gasteiger partial charge in [-0.2, -0.15) is 0 Å². The summed E-state index contributed by atoms with van der Waals surface area (Å²) in [6.07, 6.45) is 3.51. The average molecular weight is 340 g/mol. The first kappa shape index (κ1) is 17.5. The van der Waals surface area contributed by atoms with Crippen LogP contribution in [0, 0.1) is 5.92 Å². The second-order valence-electron chi connectivity index (χ2n) is 7.47. The van der Waals surface area contributed by atoms with Gasteiger partial charge in [0.1, 0.15) is 5.60 Å². The van der Waals surface area contributed by atoms with Gasteiger partial charge in [-0.05, 0) is 39.5 Å². The minimum Gasteiger partial charge on any atom is -0.481 e. The van der Waals surface area contributed by atoms with Crippen LogP contribution in [-0.2, 0) is 14.3 Å². The van der Waals surface area contributed by atoms with E-state index in [2.05, 4.69) is 5.32 Å². The number of hydrogen-bond donors (Lipinski definition) is 2. The van der Waals surface area contributed by atoms with E-state index in [4.69, 9.17) is 14.6 Å². The van der Waals surface area contributed by atoms with Gasteiger partial charge >= 0.3 is 12.0 Å². The number of rotatable bonds is 2. The van der Waals surface area contributed by atoms with Crippen molar-refractivity contribution in [1.82, 2.24) is 10.2 Å². The second-order valence-corrected chi connectivity index (χ2v) is 7.47. The molecule has 3 fully saturated rings. The van der Waals surface area contributed by atoms with Crippen LogP contribution in [0.1, 0.15) is 46.0 Å². The fourth-order valence-corrected chi connectivity index (χ4v) is 4.20. The summed E-state index contributed by atoms with van der Waals surface area (Å²) < 4.78 is 11.8. The summed E-state index contributed by atoms with van der Waals surface area (Å²) in [5.41, 5.74) is -0.393. The molecule has 3 atom stereocenters. The zero-order chi connectivity index (χ0) is 17.3. The van der Waals surface area contributed by atoms with Gasteiger partial charge < -0.3 is 24.8 Å². The lowest BCUT2D eigenvalue weighted by Gasteiger charge is -2.45. The van der Waals surface area contributed by atoms with Crippen LogP contribution < -0.4 is 5.32 Å². The fraction of sp³-hybridized carbons (Fsp3) is 0.882. The highest BCUT2D eigenvalue weighted by molar-refractivity contribution is 5.75. The van der Waals surface area contributed by atoms with Gasteiger partial charge in [-0.1, -0.05) is 0 Å². The molecular formula is C17H28N2O5. The number of amides is 2. The van der Waals surface area contributed by atoms with Crippen LogP contribution in [0.5, 0.6) is 0 Å². The molecule has 2 saturated heterocycles.